The van der Waals surface area contributed by atoms with E-state index in [9.17, 15) is 18.0 Å². The molecule has 0 bridgehead atoms. The van der Waals surface area contributed by atoms with Gasteiger partial charge in [-0.1, -0.05) is 73.7 Å². The number of nitrogens with zero attached hydrogens (tertiary/aromatic N) is 2. The average molecular weight is 536 g/mol. The molecule has 0 heterocycles. The minimum absolute atomic E-state index is 0.0897. The first kappa shape index (κ1) is 28.9. The Morgan fingerprint density at radius 1 is 0.868 bits per heavy atom. The van der Waals surface area contributed by atoms with E-state index >= 15 is 0 Å². The van der Waals surface area contributed by atoms with Crippen molar-refractivity contribution in [2.45, 2.75) is 64.1 Å². The second kappa shape index (κ2) is 12.3. The number of aryl methyl sites for hydroxylation is 1. The third-order valence-electron chi connectivity index (χ3n) is 6.11. The smallest absolute Gasteiger partial charge is 0.264 e. The maximum absolute atomic E-state index is 14.0. The van der Waals surface area contributed by atoms with Gasteiger partial charge in [-0.3, -0.25) is 13.9 Å². The van der Waals surface area contributed by atoms with Crippen LogP contribution in [0.3, 0.4) is 0 Å². The highest BCUT2D eigenvalue weighted by Crippen LogP contribution is 2.28. The highest BCUT2D eigenvalue weighted by Gasteiger charge is 2.33. The standard InChI is InChI=1S/C30H37N3O4S/c1-6-25-17-13-14-20-27(25)33(38(36,37)26-18-11-8-12-19-26)22-28(34)32(21-24-15-9-7-10-16-24)23(2)29(35)31-30(3,4)5/h7-20,23H,6,21-22H2,1-5H3,(H,31,35)/t23-/m0/s1. The van der Waals surface area contributed by atoms with E-state index in [2.05, 4.69) is 5.32 Å². The van der Waals surface area contributed by atoms with E-state index < -0.39 is 34.1 Å². The fourth-order valence-corrected chi connectivity index (χ4v) is 5.60. The SMILES string of the molecule is CCc1ccccc1N(CC(=O)N(Cc1ccccc1)[C@@H](C)C(=O)NC(C)(C)C)S(=O)(=O)c1ccccc1. The molecule has 1 atom stereocenters. The van der Waals surface area contributed by atoms with Gasteiger partial charge in [0, 0.05) is 12.1 Å². The fourth-order valence-electron chi connectivity index (χ4n) is 4.12. The minimum atomic E-state index is -4.08. The van der Waals surface area contributed by atoms with Crippen LogP contribution in [0, 0.1) is 0 Å². The molecule has 0 aliphatic carbocycles. The quantitative estimate of drug-likeness (QED) is 0.405. The Morgan fingerprint density at radius 2 is 1.42 bits per heavy atom. The first-order valence-electron chi connectivity index (χ1n) is 12.7. The molecule has 202 valence electrons. The van der Waals surface area contributed by atoms with Crippen molar-refractivity contribution >= 4 is 27.5 Å². The van der Waals surface area contributed by atoms with E-state index in [4.69, 9.17) is 0 Å². The molecule has 0 unspecified atom stereocenters. The number of nitrogens with one attached hydrogen (secondary N) is 1. The summed E-state index contributed by atoms with van der Waals surface area (Å²) in [7, 11) is -4.08. The number of sulfonamides is 1. The normalized spacial score (nSPS) is 12.4. The molecule has 0 saturated carbocycles. The molecule has 0 aliphatic heterocycles. The molecule has 3 aromatic carbocycles. The summed E-state index contributed by atoms with van der Waals surface area (Å²) in [5.41, 5.74) is 1.59. The van der Waals surface area contributed by atoms with E-state index in [1.54, 1.807) is 37.3 Å². The molecule has 1 N–H and O–H groups in total. The number of benzene rings is 3. The summed E-state index contributed by atoms with van der Waals surface area (Å²) in [6.45, 7) is 8.93. The van der Waals surface area contributed by atoms with E-state index in [-0.39, 0.29) is 17.3 Å². The lowest BCUT2D eigenvalue weighted by Gasteiger charge is -2.34. The summed E-state index contributed by atoms with van der Waals surface area (Å²) in [4.78, 5) is 28.6. The number of para-hydroxylation sites is 1. The summed E-state index contributed by atoms with van der Waals surface area (Å²) in [6.07, 6.45) is 0.587. The lowest BCUT2D eigenvalue weighted by atomic mass is 10.1. The van der Waals surface area contributed by atoms with Crippen LogP contribution in [0.4, 0.5) is 5.69 Å². The van der Waals surface area contributed by atoms with Crippen LogP contribution in [-0.2, 0) is 32.6 Å². The zero-order chi connectivity index (χ0) is 27.9. The molecule has 38 heavy (non-hydrogen) atoms. The van der Waals surface area contributed by atoms with Gasteiger partial charge in [0.05, 0.1) is 10.6 Å². The van der Waals surface area contributed by atoms with E-state index in [0.717, 1.165) is 15.4 Å². The largest absolute Gasteiger partial charge is 0.350 e. The Morgan fingerprint density at radius 3 is 2.00 bits per heavy atom. The predicted molar refractivity (Wildman–Crippen MR) is 151 cm³/mol. The zero-order valence-corrected chi connectivity index (χ0v) is 23.5. The lowest BCUT2D eigenvalue weighted by molar-refractivity contribution is -0.140. The van der Waals surface area contributed by atoms with E-state index in [1.165, 1.54) is 17.0 Å². The van der Waals surface area contributed by atoms with Crippen molar-refractivity contribution < 1.29 is 18.0 Å². The molecule has 3 aromatic rings. The van der Waals surface area contributed by atoms with Crippen LogP contribution >= 0.6 is 0 Å². The molecule has 0 aliphatic rings. The fraction of sp³-hybridized carbons (Fsp3) is 0.333. The van der Waals surface area contributed by atoms with Crippen molar-refractivity contribution in [2.24, 2.45) is 0 Å². The Labute approximate surface area is 226 Å². The van der Waals surface area contributed by atoms with Crippen LogP contribution in [-0.4, -0.2) is 43.3 Å². The second-order valence-corrected chi connectivity index (χ2v) is 12.1. The lowest BCUT2D eigenvalue weighted by Crippen LogP contribution is -2.54. The van der Waals surface area contributed by atoms with Crippen molar-refractivity contribution in [3.63, 3.8) is 0 Å². The van der Waals surface area contributed by atoms with Crippen molar-refractivity contribution in [1.29, 1.82) is 0 Å². The van der Waals surface area contributed by atoms with Gasteiger partial charge in [0.15, 0.2) is 0 Å². The monoisotopic (exact) mass is 535 g/mol. The highest BCUT2D eigenvalue weighted by atomic mass is 32.2. The number of anilines is 1. The molecule has 0 spiro atoms. The van der Waals surface area contributed by atoms with Crippen LogP contribution in [0.1, 0.15) is 45.7 Å². The first-order valence-corrected chi connectivity index (χ1v) is 14.2. The van der Waals surface area contributed by atoms with Gasteiger partial charge in [-0.15, -0.1) is 0 Å². The van der Waals surface area contributed by atoms with Crippen molar-refractivity contribution in [2.75, 3.05) is 10.8 Å². The van der Waals surface area contributed by atoms with Gasteiger partial charge in [-0.05, 0) is 63.4 Å². The Balaban J connectivity index is 2.05. The van der Waals surface area contributed by atoms with Crippen LogP contribution < -0.4 is 9.62 Å². The van der Waals surface area contributed by atoms with Gasteiger partial charge in [0.25, 0.3) is 10.0 Å². The van der Waals surface area contributed by atoms with Crippen LogP contribution in [0.5, 0.6) is 0 Å². The first-order chi connectivity index (χ1) is 17.9. The van der Waals surface area contributed by atoms with E-state index in [1.807, 2.05) is 70.2 Å². The topological polar surface area (TPSA) is 86.8 Å². The molecular weight excluding hydrogens is 498 g/mol. The highest BCUT2D eigenvalue weighted by molar-refractivity contribution is 7.92. The van der Waals surface area contributed by atoms with Crippen molar-refractivity contribution in [3.8, 4) is 0 Å². The van der Waals surface area contributed by atoms with Gasteiger partial charge in [0.1, 0.15) is 12.6 Å². The maximum atomic E-state index is 14.0. The number of carbonyl (C=O) groups excluding carboxylic acids is 2. The number of hydrogen-bond donors (Lipinski definition) is 1. The summed E-state index contributed by atoms with van der Waals surface area (Å²) in [6, 6.07) is 23.8. The maximum Gasteiger partial charge on any atom is 0.264 e. The van der Waals surface area contributed by atoms with E-state index in [0.29, 0.717) is 12.1 Å². The number of hydrogen-bond acceptors (Lipinski definition) is 4. The molecule has 0 aromatic heterocycles. The van der Waals surface area contributed by atoms with Crippen LogP contribution in [0.25, 0.3) is 0 Å². The average Bonchev–Trinajstić information content (AvgIpc) is 2.90. The Bertz CT molecular complexity index is 1340. The predicted octanol–water partition coefficient (Wildman–Crippen LogP) is 4.78. The summed E-state index contributed by atoms with van der Waals surface area (Å²) in [5, 5.41) is 2.93. The van der Waals surface area contributed by atoms with Gasteiger partial charge >= 0.3 is 0 Å². The minimum Gasteiger partial charge on any atom is -0.350 e. The number of carbonyl (C=O) groups is 2. The molecule has 7 nitrogen and oxygen atoms in total. The van der Waals surface area contributed by atoms with Crippen molar-refractivity contribution in [3.05, 3.63) is 96.1 Å². The Kier molecular flexibility index (Phi) is 9.33. The zero-order valence-electron chi connectivity index (χ0n) is 22.7. The molecule has 0 fully saturated rings. The third kappa shape index (κ3) is 7.22. The van der Waals surface area contributed by atoms with Gasteiger partial charge < -0.3 is 10.2 Å². The Hall–Kier alpha value is -3.65. The number of amides is 2. The summed E-state index contributed by atoms with van der Waals surface area (Å²) < 4.78 is 28.9. The molecule has 8 heteroatoms. The van der Waals surface area contributed by atoms with Gasteiger partial charge in [-0.25, -0.2) is 8.42 Å². The molecule has 3 rings (SSSR count). The summed E-state index contributed by atoms with van der Waals surface area (Å²) in [5.74, 6) is -0.788. The van der Waals surface area contributed by atoms with Gasteiger partial charge in [0.2, 0.25) is 11.8 Å². The molecule has 2 amide bonds. The third-order valence-corrected chi connectivity index (χ3v) is 7.89. The van der Waals surface area contributed by atoms with Crippen LogP contribution in [0.15, 0.2) is 89.8 Å². The van der Waals surface area contributed by atoms with Crippen molar-refractivity contribution in [1.82, 2.24) is 10.2 Å². The summed E-state index contributed by atoms with van der Waals surface area (Å²) >= 11 is 0. The van der Waals surface area contributed by atoms with Crippen LogP contribution in [0.2, 0.25) is 0 Å². The van der Waals surface area contributed by atoms with Gasteiger partial charge in [-0.2, -0.15) is 0 Å². The molecular formula is C30H37N3O4S. The molecule has 0 saturated heterocycles. The molecule has 0 radical (unpaired) electrons. The second-order valence-electron chi connectivity index (χ2n) is 10.2. The number of rotatable bonds is 10.